The van der Waals surface area contributed by atoms with Crippen LogP contribution in [0.25, 0.3) is 11.0 Å². The first-order valence-corrected chi connectivity index (χ1v) is 11.9. The summed E-state index contributed by atoms with van der Waals surface area (Å²) in [5, 5.41) is 14.7. The number of piperidine rings is 1. The van der Waals surface area contributed by atoms with E-state index in [9.17, 15) is 5.11 Å². The van der Waals surface area contributed by atoms with Gasteiger partial charge in [0.05, 0.1) is 24.2 Å². The van der Waals surface area contributed by atoms with E-state index in [1.54, 1.807) is 19.4 Å². The Hall–Kier alpha value is -2.65. The van der Waals surface area contributed by atoms with E-state index in [0.717, 1.165) is 60.6 Å². The molecule has 5 rings (SSSR count). The molecule has 8 nitrogen and oxygen atoms in total. The fraction of sp³-hybridized carbons (Fsp3) is 0.462. The molecule has 0 radical (unpaired) electrons. The highest BCUT2D eigenvalue weighted by Gasteiger charge is 2.23. The van der Waals surface area contributed by atoms with Crippen molar-refractivity contribution in [3.05, 3.63) is 53.2 Å². The van der Waals surface area contributed by atoms with Gasteiger partial charge in [0.25, 0.3) is 0 Å². The summed E-state index contributed by atoms with van der Waals surface area (Å²) >= 11 is 0. The van der Waals surface area contributed by atoms with Crippen LogP contribution in [0.1, 0.15) is 35.6 Å². The molecule has 0 amide bonds. The van der Waals surface area contributed by atoms with Crippen LogP contribution in [0.3, 0.4) is 0 Å². The van der Waals surface area contributed by atoms with E-state index in [4.69, 9.17) is 14.2 Å². The van der Waals surface area contributed by atoms with Gasteiger partial charge in [-0.3, -0.25) is 4.98 Å². The van der Waals surface area contributed by atoms with Crippen LogP contribution < -0.4 is 19.5 Å². The highest BCUT2D eigenvalue weighted by atomic mass is 35.5. The molecule has 1 atom stereocenters. The summed E-state index contributed by atoms with van der Waals surface area (Å²) < 4.78 is 16.8. The average Bonchev–Trinajstić information content (AvgIpc) is 2.87. The average molecular weight is 501 g/mol. The number of rotatable bonds is 7. The molecule has 1 fully saturated rings. The third kappa shape index (κ3) is 5.78. The number of aromatic nitrogens is 2. The van der Waals surface area contributed by atoms with E-state index in [1.807, 2.05) is 12.1 Å². The molecule has 1 saturated heterocycles. The molecule has 2 N–H and O–H groups in total. The van der Waals surface area contributed by atoms with E-state index < -0.39 is 6.10 Å². The Bertz CT molecular complexity index is 1150. The van der Waals surface area contributed by atoms with Gasteiger partial charge in [-0.2, -0.15) is 0 Å². The largest absolute Gasteiger partial charge is 0.486 e. The highest BCUT2D eigenvalue weighted by molar-refractivity contribution is 5.85. The van der Waals surface area contributed by atoms with Crippen molar-refractivity contribution in [3.8, 4) is 17.4 Å². The number of benzene rings is 1. The van der Waals surface area contributed by atoms with Gasteiger partial charge in [-0.1, -0.05) is 6.07 Å². The van der Waals surface area contributed by atoms with Gasteiger partial charge in [-0.15, -0.1) is 12.4 Å². The number of aliphatic hydroxyl groups is 1. The monoisotopic (exact) mass is 500 g/mol. The third-order valence-corrected chi connectivity index (χ3v) is 6.66. The van der Waals surface area contributed by atoms with Gasteiger partial charge in [0.15, 0.2) is 11.5 Å². The van der Waals surface area contributed by atoms with E-state index in [0.29, 0.717) is 37.2 Å². The highest BCUT2D eigenvalue weighted by Crippen LogP contribution is 2.34. The lowest BCUT2D eigenvalue weighted by Gasteiger charge is -2.33. The molecule has 0 spiro atoms. The summed E-state index contributed by atoms with van der Waals surface area (Å²) in [6.07, 6.45) is 3.18. The number of halogens is 1. The number of nitrogens with zero attached hydrogens (tertiary/aromatic N) is 3. The maximum absolute atomic E-state index is 11.0. The minimum Gasteiger partial charge on any atom is -0.486 e. The van der Waals surface area contributed by atoms with Crippen LogP contribution in [0, 0.1) is 6.92 Å². The minimum absolute atomic E-state index is 0. The second-order valence-electron chi connectivity index (χ2n) is 9.03. The maximum Gasteiger partial charge on any atom is 0.213 e. The Kier molecular flexibility index (Phi) is 8.28. The second-order valence-corrected chi connectivity index (χ2v) is 9.03. The van der Waals surface area contributed by atoms with Crippen molar-refractivity contribution in [1.29, 1.82) is 0 Å². The Balaban J connectivity index is 0.00000289. The zero-order valence-electron chi connectivity index (χ0n) is 20.2. The number of fused-ring (bicyclic) bond motifs is 2. The van der Waals surface area contributed by atoms with Crippen molar-refractivity contribution in [1.82, 2.24) is 20.2 Å². The molecule has 2 aromatic heterocycles. The zero-order chi connectivity index (χ0) is 23.5. The predicted octanol–water partition coefficient (Wildman–Crippen LogP) is 3.43. The first-order valence-electron chi connectivity index (χ1n) is 11.9. The first kappa shape index (κ1) is 25.4. The summed E-state index contributed by atoms with van der Waals surface area (Å²) in [6, 6.07) is 10.2. The maximum atomic E-state index is 11.0. The molecule has 2 aliphatic heterocycles. The Labute approximate surface area is 212 Å². The van der Waals surface area contributed by atoms with E-state index >= 15 is 0 Å². The van der Waals surface area contributed by atoms with Gasteiger partial charge in [-0.05, 0) is 62.2 Å². The Morgan fingerprint density at radius 2 is 1.97 bits per heavy atom. The van der Waals surface area contributed by atoms with Gasteiger partial charge in [0, 0.05) is 37.0 Å². The van der Waals surface area contributed by atoms with Crippen LogP contribution in [-0.2, 0) is 6.54 Å². The molecular formula is C26H33ClN4O4. The number of aryl methyl sites for hydroxylation is 1. The van der Waals surface area contributed by atoms with E-state index in [1.165, 1.54) is 5.56 Å². The fourth-order valence-electron chi connectivity index (χ4n) is 4.84. The van der Waals surface area contributed by atoms with Crippen molar-refractivity contribution in [2.75, 3.05) is 40.0 Å². The number of pyridine rings is 2. The first-order chi connectivity index (χ1) is 16.6. The van der Waals surface area contributed by atoms with Crippen molar-refractivity contribution in [2.45, 2.75) is 38.5 Å². The Morgan fingerprint density at radius 1 is 1.17 bits per heavy atom. The topological polar surface area (TPSA) is 89.0 Å². The summed E-state index contributed by atoms with van der Waals surface area (Å²) in [7, 11) is 1.59. The van der Waals surface area contributed by atoms with E-state index in [2.05, 4.69) is 39.2 Å². The normalized spacial score (nSPS) is 17.1. The molecule has 4 heterocycles. The summed E-state index contributed by atoms with van der Waals surface area (Å²) in [5.41, 5.74) is 4.58. The molecule has 3 aromatic rings. The minimum atomic E-state index is -0.629. The number of likely N-dealkylation sites (tertiary alicyclic amines) is 1. The SMILES string of the molecule is COc1ccc2nccc([C@H](O)CN3CCC(NCc4cc(C)c5c(c4)OCCO5)CC3)c2n1.Cl. The lowest BCUT2D eigenvalue weighted by atomic mass is 10.0. The number of nitrogens with one attached hydrogen (secondary N) is 1. The van der Waals surface area contributed by atoms with Crippen molar-refractivity contribution < 1.29 is 19.3 Å². The van der Waals surface area contributed by atoms with Gasteiger partial charge in [0.2, 0.25) is 5.88 Å². The number of hydrogen-bond acceptors (Lipinski definition) is 8. The molecule has 188 valence electrons. The molecule has 0 aliphatic carbocycles. The number of ether oxygens (including phenoxy) is 3. The predicted molar refractivity (Wildman–Crippen MR) is 137 cm³/mol. The van der Waals surface area contributed by atoms with Crippen molar-refractivity contribution >= 4 is 23.4 Å². The Morgan fingerprint density at radius 3 is 2.77 bits per heavy atom. The quantitative estimate of drug-likeness (QED) is 0.510. The van der Waals surface area contributed by atoms with E-state index in [-0.39, 0.29) is 12.4 Å². The number of hydrogen-bond donors (Lipinski definition) is 2. The van der Waals surface area contributed by atoms with Crippen LogP contribution >= 0.6 is 12.4 Å². The molecular weight excluding hydrogens is 468 g/mol. The van der Waals surface area contributed by atoms with Crippen LogP contribution in [0.15, 0.2) is 36.5 Å². The van der Waals surface area contributed by atoms with Gasteiger partial charge >= 0.3 is 0 Å². The number of methoxy groups -OCH3 is 1. The zero-order valence-corrected chi connectivity index (χ0v) is 21.0. The van der Waals surface area contributed by atoms with Crippen LogP contribution in [0.4, 0.5) is 0 Å². The molecule has 2 aliphatic rings. The van der Waals surface area contributed by atoms with Crippen LogP contribution in [-0.4, -0.2) is 66.0 Å². The van der Waals surface area contributed by atoms with Crippen LogP contribution in [0.2, 0.25) is 0 Å². The van der Waals surface area contributed by atoms with Gasteiger partial charge < -0.3 is 29.5 Å². The number of aliphatic hydroxyl groups excluding tert-OH is 1. The molecule has 0 saturated carbocycles. The standard InChI is InChI=1S/C26H32N4O4.ClH/c1-17-13-18(14-23-26(17)34-12-11-33-23)15-28-19-6-9-30(10-7-19)16-22(31)20-5-8-27-21-3-4-24(32-2)29-25(20)21;/h3-5,8,13-14,19,22,28,31H,6-7,9-12,15-16H2,1-2H3;1H/t22-;/m1./s1. The third-order valence-electron chi connectivity index (χ3n) is 6.66. The summed E-state index contributed by atoms with van der Waals surface area (Å²) in [6.45, 7) is 6.54. The molecule has 0 unspecified atom stereocenters. The molecule has 9 heteroatoms. The van der Waals surface area contributed by atoms with Crippen LogP contribution in [0.5, 0.6) is 17.4 Å². The van der Waals surface area contributed by atoms with Crippen molar-refractivity contribution in [2.24, 2.45) is 0 Å². The van der Waals surface area contributed by atoms with Gasteiger partial charge in [0.1, 0.15) is 13.2 Å². The molecule has 1 aromatic carbocycles. The summed E-state index contributed by atoms with van der Waals surface area (Å²) in [5.74, 6) is 2.24. The number of β-amino-alcohol motifs (C(OH)–C–C–N with tert-alkyl or cyclic N) is 1. The van der Waals surface area contributed by atoms with Crippen molar-refractivity contribution in [3.63, 3.8) is 0 Å². The lowest BCUT2D eigenvalue weighted by molar-refractivity contribution is 0.0947. The molecule has 35 heavy (non-hydrogen) atoms. The lowest BCUT2D eigenvalue weighted by Crippen LogP contribution is -2.43. The molecule has 0 bridgehead atoms. The second kappa shape index (κ2) is 11.4. The van der Waals surface area contributed by atoms with Gasteiger partial charge in [-0.25, -0.2) is 4.98 Å². The smallest absolute Gasteiger partial charge is 0.213 e. The summed E-state index contributed by atoms with van der Waals surface area (Å²) in [4.78, 5) is 11.2. The fourth-order valence-corrected chi connectivity index (χ4v) is 4.84.